The van der Waals surface area contributed by atoms with Gasteiger partial charge in [-0.2, -0.15) is 15.5 Å². The average Bonchev–Trinajstić information content (AvgIpc) is 3.22. The van der Waals surface area contributed by atoms with Crippen LogP contribution in [0.25, 0.3) is 10.9 Å². The van der Waals surface area contributed by atoms with Gasteiger partial charge in [0.1, 0.15) is 5.82 Å². The Morgan fingerprint density at radius 1 is 1.16 bits per heavy atom. The Morgan fingerprint density at radius 3 is 2.84 bits per heavy atom. The zero-order chi connectivity index (χ0) is 17.2. The molecule has 0 fully saturated rings. The molecule has 0 atom stereocenters. The van der Waals surface area contributed by atoms with Crippen LogP contribution in [-0.2, 0) is 13.6 Å². The highest BCUT2D eigenvalue weighted by Crippen LogP contribution is 2.20. The quantitative estimate of drug-likeness (QED) is 0.622. The zero-order valence-electron chi connectivity index (χ0n) is 13.6. The number of nitrogens with one attached hydrogen (secondary N) is 1. The first kappa shape index (κ1) is 14.9. The molecule has 3 aromatic heterocycles. The lowest BCUT2D eigenvalue weighted by molar-refractivity contribution is 0.711. The number of pyridine rings is 1. The van der Waals surface area contributed by atoms with Gasteiger partial charge in [0.2, 0.25) is 0 Å². The van der Waals surface area contributed by atoms with Gasteiger partial charge in [0.25, 0.3) is 0 Å². The van der Waals surface area contributed by atoms with Crippen molar-refractivity contribution in [1.82, 2.24) is 24.5 Å². The van der Waals surface area contributed by atoms with Crippen LogP contribution in [0.4, 0.5) is 11.6 Å². The fourth-order valence-corrected chi connectivity index (χ4v) is 2.71. The second kappa shape index (κ2) is 6.09. The number of nitrogens with zero attached hydrogens (tertiary/aromatic N) is 6. The Hall–Kier alpha value is -3.66. The van der Waals surface area contributed by atoms with Crippen molar-refractivity contribution in [2.24, 2.45) is 7.05 Å². The highest BCUT2D eigenvalue weighted by molar-refractivity contribution is 5.81. The summed E-state index contributed by atoms with van der Waals surface area (Å²) in [6.07, 6.45) is 5.42. The molecule has 7 nitrogen and oxygen atoms in total. The molecule has 0 aliphatic carbocycles. The molecule has 0 radical (unpaired) electrons. The number of hydrogen-bond acceptors (Lipinski definition) is 5. The third-order valence-electron chi connectivity index (χ3n) is 3.95. The van der Waals surface area contributed by atoms with Crippen molar-refractivity contribution in [3.63, 3.8) is 0 Å². The number of rotatable bonds is 4. The van der Waals surface area contributed by atoms with E-state index in [1.807, 2.05) is 54.3 Å². The van der Waals surface area contributed by atoms with E-state index in [4.69, 9.17) is 0 Å². The average molecular weight is 329 g/mol. The SMILES string of the molecule is Cn1ccc(Nc2cc3c(cn2)cnn3Cc2ccccc2C#N)n1. The van der Waals surface area contributed by atoms with Crippen molar-refractivity contribution in [3.8, 4) is 6.07 Å². The molecule has 1 N–H and O–H groups in total. The number of fused-ring (bicyclic) bond motifs is 1. The Labute approximate surface area is 144 Å². The van der Waals surface area contributed by atoms with E-state index in [0.29, 0.717) is 17.9 Å². The second-order valence-corrected chi connectivity index (χ2v) is 5.70. The fourth-order valence-electron chi connectivity index (χ4n) is 2.71. The van der Waals surface area contributed by atoms with Gasteiger partial charge in [-0.15, -0.1) is 0 Å². The molecule has 0 saturated carbocycles. The normalized spacial score (nSPS) is 10.7. The lowest BCUT2D eigenvalue weighted by Crippen LogP contribution is -2.04. The van der Waals surface area contributed by atoms with Gasteiger partial charge in [0.05, 0.1) is 29.9 Å². The largest absolute Gasteiger partial charge is 0.323 e. The third kappa shape index (κ3) is 2.93. The van der Waals surface area contributed by atoms with E-state index in [-0.39, 0.29) is 0 Å². The van der Waals surface area contributed by atoms with E-state index in [1.165, 1.54) is 0 Å². The summed E-state index contributed by atoms with van der Waals surface area (Å²) < 4.78 is 3.60. The van der Waals surface area contributed by atoms with Gasteiger partial charge in [-0.3, -0.25) is 9.36 Å². The molecule has 1 aromatic carbocycles. The van der Waals surface area contributed by atoms with Crippen molar-refractivity contribution in [3.05, 3.63) is 66.1 Å². The van der Waals surface area contributed by atoms with Crippen molar-refractivity contribution in [1.29, 1.82) is 5.26 Å². The van der Waals surface area contributed by atoms with Gasteiger partial charge in [0, 0.05) is 37.0 Å². The summed E-state index contributed by atoms with van der Waals surface area (Å²) >= 11 is 0. The van der Waals surface area contributed by atoms with E-state index in [0.717, 1.165) is 22.3 Å². The van der Waals surface area contributed by atoms with E-state index < -0.39 is 0 Å². The Kier molecular flexibility index (Phi) is 3.63. The van der Waals surface area contributed by atoms with Crippen LogP contribution in [0, 0.1) is 11.3 Å². The first-order valence-electron chi connectivity index (χ1n) is 7.79. The predicted molar refractivity (Wildman–Crippen MR) is 94.3 cm³/mol. The Morgan fingerprint density at radius 2 is 2.04 bits per heavy atom. The summed E-state index contributed by atoms with van der Waals surface area (Å²) in [6.45, 7) is 0.528. The van der Waals surface area contributed by atoms with Crippen molar-refractivity contribution in [2.75, 3.05) is 5.32 Å². The van der Waals surface area contributed by atoms with Crippen molar-refractivity contribution < 1.29 is 0 Å². The molecule has 122 valence electrons. The number of aromatic nitrogens is 5. The maximum Gasteiger partial charge on any atom is 0.153 e. The number of nitriles is 1. The van der Waals surface area contributed by atoms with Crippen LogP contribution in [0.1, 0.15) is 11.1 Å². The zero-order valence-corrected chi connectivity index (χ0v) is 13.6. The van der Waals surface area contributed by atoms with Crippen LogP contribution in [0.3, 0.4) is 0 Å². The summed E-state index contributed by atoms with van der Waals surface area (Å²) in [5.41, 5.74) is 2.54. The summed E-state index contributed by atoms with van der Waals surface area (Å²) in [6, 6.07) is 13.6. The molecule has 0 aliphatic heterocycles. The molecule has 0 amide bonds. The number of anilines is 2. The molecule has 7 heteroatoms. The van der Waals surface area contributed by atoms with Crippen LogP contribution in [-0.4, -0.2) is 24.5 Å². The maximum absolute atomic E-state index is 9.26. The highest BCUT2D eigenvalue weighted by atomic mass is 15.3. The topological polar surface area (TPSA) is 84.4 Å². The summed E-state index contributed by atoms with van der Waals surface area (Å²) in [4.78, 5) is 4.40. The van der Waals surface area contributed by atoms with Gasteiger partial charge >= 0.3 is 0 Å². The molecule has 4 rings (SSSR count). The lowest BCUT2D eigenvalue weighted by atomic mass is 10.1. The molecule has 0 spiro atoms. The molecule has 0 bridgehead atoms. The van der Waals surface area contributed by atoms with E-state index in [9.17, 15) is 5.26 Å². The fraction of sp³-hybridized carbons (Fsp3) is 0.111. The Balaban J connectivity index is 1.68. The predicted octanol–water partition coefficient (Wildman–Crippen LogP) is 2.83. The first-order chi connectivity index (χ1) is 12.2. The summed E-state index contributed by atoms with van der Waals surface area (Å²) in [5.74, 6) is 1.43. The molecule has 3 heterocycles. The number of hydrogen-bond donors (Lipinski definition) is 1. The van der Waals surface area contributed by atoms with Crippen LogP contribution < -0.4 is 5.32 Å². The van der Waals surface area contributed by atoms with Gasteiger partial charge in [-0.1, -0.05) is 18.2 Å². The van der Waals surface area contributed by atoms with Gasteiger partial charge in [0.15, 0.2) is 5.82 Å². The van der Waals surface area contributed by atoms with E-state index >= 15 is 0 Å². The molecule has 0 saturated heterocycles. The summed E-state index contributed by atoms with van der Waals surface area (Å²) in [7, 11) is 1.86. The smallest absolute Gasteiger partial charge is 0.153 e. The minimum Gasteiger partial charge on any atom is -0.323 e. The van der Waals surface area contributed by atoms with Crippen LogP contribution in [0.5, 0.6) is 0 Å². The van der Waals surface area contributed by atoms with Crippen molar-refractivity contribution in [2.45, 2.75) is 6.54 Å². The van der Waals surface area contributed by atoms with E-state index in [1.54, 1.807) is 17.1 Å². The van der Waals surface area contributed by atoms with E-state index in [2.05, 4.69) is 26.6 Å². The monoisotopic (exact) mass is 329 g/mol. The van der Waals surface area contributed by atoms with Gasteiger partial charge in [-0.25, -0.2) is 4.98 Å². The van der Waals surface area contributed by atoms with Gasteiger partial charge in [-0.05, 0) is 11.6 Å². The standard InChI is InChI=1S/C18H15N7/c1-24-7-6-17(23-24)22-18-8-16-15(10-20-18)11-21-25(16)12-14-5-3-2-4-13(14)9-19/h2-8,10-11H,12H2,1H3,(H,20,22,23). The first-order valence-corrected chi connectivity index (χ1v) is 7.79. The lowest BCUT2D eigenvalue weighted by Gasteiger charge is -2.07. The number of aryl methyl sites for hydroxylation is 1. The van der Waals surface area contributed by atoms with Crippen LogP contribution in [0.15, 0.2) is 55.0 Å². The highest BCUT2D eigenvalue weighted by Gasteiger charge is 2.09. The number of benzene rings is 1. The molecule has 4 aromatic rings. The molecular weight excluding hydrogens is 314 g/mol. The van der Waals surface area contributed by atoms with Crippen LogP contribution >= 0.6 is 0 Å². The van der Waals surface area contributed by atoms with Gasteiger partial charge < -0.3 is 5.32 Å². The third-order valence-corrected chi connectivity index (χ3v) is 3.95. The molecule has 0 aliphatic rings. The Bertz CT molecular complexity index is 1080. The molecule has 0 unspecified atom stereocenters. The minimum absolute atomic E-state index is 0.528. The molecule has 25 heavy (non-hydrogen) atoms. The minimum atomic E-state index is 0.528. The summed E-state index contributed by atoms with van der Waals surface area (Å²) in [5, 5.41) is 22.1. The molecular formula is C18H15N7. The van der Waals surface area contributed by atoms with Crippen LogP contribution in [0.2, 0.25) is 0 Å². The maximum atomic E-state index is 9.26. The second-order valence-electron chi connectivity index (χ2n) is 5.70. The van der Waals surface area contributed by atoms with Crippen molar-refractivity contribution >= 4 is 22.5 Å².